The first-order chi connectivity index (χ1) is 9.52. The largest absolute Gasteiger partial charge is 0.489 e. The maximum atomic E-state index is 5.73. The van der Waals surface area contributed by atoms with Crippen LogP contribution in [0.15, 0.2) is 18.5 Å². The molecule has 1 aromatic rings. The van der Waals surface area contributed by atoms with Crippen LogP contribution in [-0.4, -0.2) is 29.1 Å². The molecule has 1 unspecified atom stereocenters. The van der Waals surface area contributed by atoms with E-state index in [1.165, 1.54) is 11.3 Å². The van der Waals surface area contributed by atoms with Crippen LogP contribution in [0, 0.1) is 5.92 Å². The summed E-state index contributed by atoms with van der Waals surface area (Å²) < 4.78 is 5.73. The fourth-order valence-electron chi connectivity index (χ4n) is 1.90. The van der Waals surface area contributed by atoms with E-state index >= 15 is 0 Å². The highest BCUT2D eigenvalue weighted by Gasteiger charge is 2.12. The van der Waals surface area contributed by atoms with E-state index in [2.05, 4.69) is 37.1 Å². The summed E-state index contributed by atoms with van der Waals surface area (Å²) in [6.45, 7) is 11.7. The first-order valence-corrected chi connectivity index (χ1v) is 8.61. The van der Waals surface area contributed by atoms with E-state index in [9.17, 15) is 0 Å². The van der Waals surface area contributed by atoms with Gasteiger partial charge in [-0.15, -0.1) is 0 Å². The molecule has 0 radical (unpaired) electrons. The number of ether oxygens (including phenoxy) is 1. The molecule has 4 heteroatoms. The second-order valence-corrected chi connectivity index (χ2v) is 6.74. The lowest BCUT2D eigenvalue weighted by molar-refractivity contribution is 0.241. The molecule has 1 rings (SSSR count). The van der Waals surface area contributed by atoms with Crippen molar-refractivity contribution in [1.29, 1.82) is 0 Å². The number of thioether (sulfide) groups is 1. The number of nitrogens with zero attached hydrogens (tertiary/aromatic N) is 1. The van der Waals surface area contributed by atoms with E-state index < -0.39 is 0 Å². The molecule has 0 aliphatic rings. The van der Waals surface area contributed by atoms with Crippen molar-refractivity contribution in [2.45, 2.75) is 46.8 Å². The van der Waals surface area contributed by atoms with Crippen molar-refractivity contribution in [2.24, 2.45) is 5.92 Å². The first kappa shape index (κ1) is 17.3. The van der Waals surface area contributed by atoms with Gasteiger partial charge in [0.15, 0.2) is 0 Å². The van der Waals surface area contributed by atoms with E-state index in [-0.39, 0.29) is 6.10 Å². The summed E-state index contributed by atoms with van der Waals surface area (Å²) in [4.78, 5) is 4.31. The van der Waals surface area contributed by atoms with E-state index in [0.29, 0.717) is 6.04 Å². The van der Waals surface area contributed by atoms with Crippen LogP contribution >= 0.6 is 11.8 Å². The predicted octanol–water partition coefficient (Wildman–Crippen LogP) is 3.91. The van der Waals surface area contributed by atoms with Crippen LogP contribution in [0.2, 0.25) is 0 Å². The Labute approximate surface area is 127 Å². The summed E-state index contributed by atoms with van der Waals surface area (Å²) in [7, 11) is 0. The van der Waals surface area contributed by atoms with Crippen molar-refractivity contribution >= 4 is 11.8 Å². The van der Waals surface area contributed by atoms with Gasteiger partial charge in [-0.1, -0.05) is 20.8 Å². The third-order valence-corrected chi connectivity index (χ3v) is 4.17. The highest BCUT2D eigenvalue weighted by Crippen LogP contribution is 2.23. The second kappa shape index (κ2) is 9.24. The molecular formula is C16H28N2OS. The van der Waals surface area contributed by atoms with Gasteiger partial charge in [-0.05, 0) is 43.7 Å². The third kappa shape index (κ3) is 6.62. The van der Waals surface area contributed by atoms with Gasteiger partial charge in [0.05, 0.1) is 12.3 Å². The zero-order valence-electron chi connectivity index (χ0n) is 13.3. The predicted molar refractivity (Wildman–Crippen MR) is 88.6 cm³/mol. The Morgan fingerprint density at radius 3 is 2.55 bits per heavy atom. The molecule has 114 valence electrons. The normalized spacial score (nSPS) is 12.9. The van der Waals surface area contributed by atoms with Gasteiger partial charge in [-0.2, -0.15) is 11.8 Å². The minimum absolute atomic E-state index is 0.181. The van der Waals surface area contributed by atoms with Crippen LogP contribution in [0.5, 0.6) is 5.75 Å². The molecule has 0 saturated heterocycles. The lowest BCUT2D eigenvalue weighted by Crippen LogP contribution is -2.23. The summed E-state index contributed by atoms with van der Waals surface area (Å²) in [5, 5.41) is 3.54. The highest BCUT2D eigenvalue weighted by molar-refractivity contribution is 7.99. The highest BCUT2D eigenvalue weighted by atomic mass is 32.2. The van der Waals surface area contributed by atoms with Gasteiger partial charge in [-0.3, -0.25) is 4.98 Å². The molecule has 1 aromatic heterocycles. The van der Waals surface area contributed by atoms with Crippen molar-refractivity contribution in [1.82, 2.24) is 10.3 Å². The number of aromatic nitrogens is 1. The van der Waals surface area contributed by atoms with Crippen molar-refractivity contribution in [2.75, 3.05) is 18.1 Å². The molecule has 1 heterocycles. The number of pyridine rings is 1. The van der Waals surface area contributed by atoms with Gasteiger partial charge < -0.3 is 10.1 Å². The Morgan fingerprint density at radius 1 is 1.20 bits per heavy atom. The average molecular weight is 296 g/mol. The summed E-state index contributed by atoms with van der Waals surface area (Å²) >= 11 is 1.99. The molecule has 1 atom stereocenters. The van der Waals surface area contributed by atoms with Gasteiger partial charge in [0.25, 0.3) is 0 Å². The molecule has 1 N–H and O–H groups in total. The molecule has 0 aliphatic heterocycles. The Morgan fingerprint density at radius 2 is 1.95 bits per heavy atom. The Balaban J connectivity index is 2.69. The first-order valence-electron chi connectivity index (χ1n) is 7.45. The second-order valence-electron chi connectivity index (χ2n) is 5.66. The van der Waals surface area contributed by atoms with Gasteiger partial charge in [0.2, 0.25) is 0 Å². The Kier molecular flexibility index (Phi) is 8.00. The SMILES string of the molecule is CCNC(CSCC(C)C)c1cncc(OC(C)C)c1. The van der Waals surface area contributed by atoms with Crippen LogP contribution in [0.4, 0.5) is 0 Å². The van der Waals surface area contributed by atoms with Gasteiger partial charge >= 0.3 is 0 Å². The van der Waals surface area contributed by atoms with Gasteiger partial charge in [0.1, 0.15) is 5.75 Å². The van der Waals surface area contributed by atoms with E-state index in [4.69, 9.17) is 4.74 Å². The van der Waals surface area contributed by atoms with Crippen molar-refractivity contribution in [3.63, 3.8) is 0 Å². The number of nitrogens with one attached hydrogen (secondary N) is 1. The van der Waals surface area contributed by atoms with Crippen LogP contribution in [0.3, 0.4) is 0 Å². The molecule has 0 spiro atoms. The zero-order chi connectivity index (χ0) is 15.0. The quantitative estimate of drug-likeness (QED) is 0.749. The molecule has 0 amide bonds. The fourth-order valence-corrected chi connectivity index (χ4v) is 3.06. The molecule has 3 nitrogen and oxygen atoms in total. The van der Waals surface area contributed by atoms with Crippen LogP contribution in [0.25, 0.3) is 0 Å². The van der Waals surface area contributed by atoms with E-state index in [1.807, 2.05) is 31.8 Å². The summed E-state index contributed by atoms with van der Waals surface area (Å²) in [5.74, 6) is 3.85. The molecular weight excluding hydrogens is 268 g/mol. The summed E-state index contributed by atoms with van der Waals surface area (Å²) in [5.41, 5.74) is 1.21. The fraction of sp³-hybridized carbons (Fsp3) is 0.688. The number of hydrogen-bond donors (Lipinski definition) is 1. The molecule has 20 heavy (non-hydrogen) atoms. The van der Waals surface area contributed by atoms with Crippen molar-refractivity contribution < 1.29 is 4.74 Å². The lowest BCUT2D eigenvalue weighted by Gasteiger charge is -2.19. The Bertz CT molecular complexity index is 382. The Hall–Kier alpha value is -0.740. The van der Waals surface area contributed by atoms with Crippen molar-refractivity contribution in [3.8, 4) is 5.75 Å². The molecule has 0 fully saturated rings. The minimum atomic E-state index is 0.181. The maximum Gasteiger partial charge on any atom is 0.138 e. The monoisotopic (exact) mass is 296 g/mol. The van der Waals surface area contributed by atoms with Crippen LogP contribution in [0.1, 0.15) is 46.2 Å². The van der Waals surface area contributed by atoms with Gasteiger partial charge in [0, 0.05) is 18.0 Å². The topological polar surface area (TPSA) is 34.2 Å². The number of hydrogen-bond acceptors (Lipinski definition) is 4. The smallest absolute Gasteiger partial charge is 0.138 e. The maximum absolute atomic E-state index is 5.73. The molecule has 0 aromatic carbocycles. The van der Waals surface area contributed by atoms with E-state index in [0.717, 1.165) is 24.0 Å². The average Bonchev–Trinajstić information content (AvgIpc) is 2.37. The van der Waals surface area contributed by atoms with E-state index in [1.54, 1.807) is 6.20 Å². The summed E-state index contributed by atoms with van der Waals surface area (Å²) in [6.07, 6.45) is 3.91. The molecule has 0 saturated carbocycles. The molecule has 0 aliphatic carbocycles. The van der Waals surface area contributed by atoms with Crippen LogP contribution in [-0.2, 0) is 0 Å². The standard InChI is InChI=1S/C16H28N2OS/c1-6-18-16(11-20-10-12(2)3)14-7-15(9-17-8-14)19-13(4)5/h7-9,12-13,16,18H,6,10-11H2,1-5H3. The van der Waals surface area contributed by atoms with Crippen molar-refractivity contribution in [3.05, 3.63) is 24.0 Å². The summed E-state index contributed by atoms with van der Waals surface area (Å²) in [6, 6.07) is 2.45. The lowest BCUT2D eigenvalue weighted by atomic mass is 10.1. The van der Waals surface area contributed by atoms with Crippen LogP contribution < -0.4 is 10.1 Å². The molecule has 0 bridgehead atoms. The number of rotatable bonds is 9. The third-order valence-electron chi connectivity index (χ3n) is 2.69. The minimum Gasteiger partial charge on any atom is -0.489 e. The zero-order valence-corrected chi connectivity index (χ0v) is 14.2. The van der Waals surface area contributed by atoms with Gasteiger partial charge in [-0.25, -0.2) is 0 Å².